The van der Waals surface area contributed by atoms with E-state index in [1.165, 1.54) is 11.1 Å². The van der Waals surface area contributed by atoms with Crippen molar-refractivity contribution in [3.05, 3.63) is 64.1 Å². The first-order valence-electron chi connectivity index (χ1n) is 13.2. The maximum absolute atomic E-state index is 13.1. The first-order valence-corrected chi connectivity index (χ1v) is 13.2. The maximum Gasteiger partial charge on any atom is 0.295 e. The molecule has 0 aliphatic carbocycles. The van der Waals surface area contributed by atoms with Gasteiger partial charge in [-0.2, -0.15) is 0 Å². The molecule has 2 fully saturated rings. The number of hydrogen-bond acceptors (Lipinski definition) is 6. The largest absolute Gasteiger partial charge is 0.356 e. The third-order valence-corrected chi connectivity index (χ3v) is 7.63. The highest BCUT2D eigenvalue weighted by Gasteiger charge is 2.29. The molecule has 190 valence electrons. The van der Waals surface area contributed by atoms with Gasteiger partial charge in [-0.05, 0) is 63.3 Å². The molecular weight excluding hydrogens is 452 g/mol. The lowest BCUT2D eigenvalue weighted by Crippen LogP contribution is -2.44. The molecular formula is C28H36N6O2. The third-order valence-electron chi connectivity index (χ3n) is 7.63. The predicted molar refractivity (Wildman–Crippen MR) is 142 cm³/mol. The Labute approximate surface area is 212 Å². The van der Waals surface area contributed by atoms with E-state index in [9.17, 15) is 9.59 Å². The molecule has 1 aromatic carbocycles. The van der Waals surface area contributed by atoms with Crippen molar-refractivity contribution in [2.24, 2.45) is 11.8 Å². The Hall–Kier alpha value is -3.26. The van der Waals surface area contributed by atoms with Crippen LogP contribution in [-0.2, 0) is 17.9 Å². The molecule has 0 bridgehead atoms. The zero-order chi connectivity index (χ0) is 25.1. The normalized spacial score (nSPS) is 19.2. The first kappa shape index (κ1) is 24.4. The topological polar surface area (TPSA) is 83.4 Å². The Morgan fingerprint density at radius 1 is 1.08 bits per heavy atom. The number of pyridine rings is 1. The van der Waals surface area contributed by atoms with Crippen molar-refractivity contribution in [2.45, 2.75) is 46.2 Å². The van der Waals surface area contributed by atoms with Gasteiger partial charge >= 0.3 is 0 Å². The lowest BCUT2D eigenvalue weighted by molar-refractivity contribution is -0.125. The number of nitrogens with zero attached hydrogens (tertiary/aromatic N) is 5. The number of likely N-dealkylation sites (tertiary alicyclic amines) is 1. The fourth-order valence-corrected chi connectivity index (χ4v) is 5.48. The van der Waals surface area contributed by atoms with E-state index in [1.54, 1.807) is 10.8 Å². The van der Waals surface area contributed by atoms with E-state index in [0.717, 1.165) is 51.0 Å². The van der Waals surface area contributed by atoms with E-state index < -0.39 is 0 Å². The zero-order valence-corrected chi connectivity index (χ0v) is 21.3. The Kier molecular flexibility index (Phi) is 7.32. The van der Waals surface area contributed by atoms with Gasteiger partial charge in [0.15, 0.2) is 11.5 Å². The fraction of sp³-hybridized carbons (Fsp3) is 0.500. The van der Waals surface area contributed by atoms with Crippen molar-refractivity contribution < 1.29 is 4.79 Å². The quantitative estimate of drug-likeness (QED) is 0.551. The molecule has 0 saturated carbocycles. The lowest BCUT2D eigenvalue weighted by Gasteiger charge is -2.32. The summed E-state index contributed by atoms with van der Waals surface area (Å²) < 4.78 is 1.68. The van der Waals surface area contributed by atoms with E-state index in [-0.39, 0.29) is 17.4 Å². The smallest absolute Gasteiger partial charge is 0.295 e. The molecule has 8 heteroatoms. The zero-order valence-electron chi connectivity index (χ0n) is 21.3. The molecule has 4 heterocycles. The summed E-state index contributed by atoms with van der Waals surface area (Å²) in [5.74, 6) is 1.10. The molecule has 2 aromatic heterocycles. The number of aromatic nitrogens is 3. The molecule has 2 saturated heterocycles. The number of nitrogens with one attached hydrogen (secondary N) is 1. The Balaban J connectivity index is 1.12. The van der Waals surface area contributed by atoms with Gasteiger partial charge in [0.25, 0.3) is 5.56 Å². The van der Waals surface area contributed by atoms with Crippen LogP contribution in [0.15, 0.2) is 47.4 Å². The minimum Gasteiger partial charge on any atom is -0.356 e. The van der Waals surface area contributed by atoms with Crippen LogP contribution in [0.3, 0.4) is 0 Å². The number of rotatable bonds is 7. The lowest BCUT2D eigenvalue weighted by atomic mass is 9.95. The summed E-state index contributed by atoms with van der Waals surface area (Å²) in [6.45, 7) is 9.74. The van der Waals surface area contributed by atoms with Gasteiger partial charge in [-0.3, -0.25) is 19.1 Å². The number of piperidine rings is 1. The Bertz CT molecular complexity index is 1260. The number of anilines is 1. The van der Waals surface area contributed by atoms with Gasteiger partial charge in [-0.25, -0.2) is 9.97 Å². The molecule has 8 nitrogen and oxygen atoms in total. The van der Waals surface area contributed by atoms with Crippen molar-refractivity contribution >= 4 is 22.9 Å². The molecule has 2 aliphatic rings. The van der Waals surface area contributed by atoms with E-state index in [1.807, 2.05) is 24.0 Å². The second-order valence-corrected chi connectivity index (χ2v) is 10.2. The van der Waals surface area contributed by atoms with Gasteiger partial charge in [0, 0.05) is 51.4 Å². The molecule has 3 aromatic rings. The molecule has 1 atom stereocenters. The number of benzene rings is 1. The van der Waals surface area contributed by atoms with Gasteiger partial charge < -0.3 is 10.2 Å². The summed E-state index contributed by atoms with van der Waals surface area (Å²) in [6, 6.07) is 12.5. The van der Waals surface area contributed by atoms with Crippen molar-refractivity contribution in [3.63, 3.8) is 0 Å². The van der Waals surface area contributed by atoms with Gasteiger partial charge in [-0.15, -0.1) is 0 Å². The molecule has 36 heavy (non-hydrogen) atoms. The Morgan fingerprint density at radius 2 is 1.86 bits per heavy atom. The molecule has 2 aliphatic heterocycles. The summed E-state index contributed by atoms with van der Waals surface area (Å²) in [4.78, 5) is 39.5. The molecule has 5 rings (SSSR count). The van der Waals surface area contributed by atoms with Crippen molar-refractivity contribution in [1.29, 1.82) is 0 Å². The van der Waals surface area contributed by atoms with E-state index in [4.69, 9.17) is 0 Å². The van der Waals surface area contributed by atoms with Crippen LogP contribution in [0.4, 0.5) is 5.82 Å². The van der Waals surface area contributed by atoms with Crippen LogP contribution < -0.4 is 15.8 Å². The summed E-state index contributed by atoms with van der Waals surface area (Å²) in [5, 5.41) is 3.22. The standard InChI is InChI=1S/C28H36N6O2/c1-3-34-25-24(5-4-13-29-25)31-26(28(34)36)33-15-11-23(12-16-33)27(35)30-17-22-10-14-32(19-22)18-21-8-6-20(2)7-9-21/h4-9,13,22-23H,3,10-12,14-19H2,1-2H3,(H,30,35). The number of hydrogen-bond donors (Lipinski definition) is 1. The minimum absolute atomic E-state index is 0.0122. The number of fused-ring (bicyclic) bond motifs is 1. The number of carbonyl (C=O) groups excluding carboxylic acids is 1. The van der Waals surface area contributed by atoms with Crippen molar-refractivity contribution in [3.8, 4) is 0 Å². The number of amides is 1. The van der Waals surface area contributed by atoms with Crippen LogP contribution in [0, 0.1) is 18.8 Å². The van der Waals surface area contributed by atoms with Crippen LogP contribution in [0.2, 0.25) is 0 Å². The summed E-state index contributed by atoms with van der Waals surface area (Å²) in [6.07, 6.45) is 4.27. The fourth-order valence-electron chi connectivity index (χ4n) is 5.48. The highest BCUT2D eigenvalue weighted by atomic mass is 16.2. The van der Waals surface area contributed by atoms with Crippen molar-refractivity contribution in [1.82, 2.24) is 24.8 Å². The van der Waals surface area contributed by atoms with E-state index in [0.29, 0.717) is 37.0 Å². The first-order chi connectivity index (χ1) is 17.5. The maximum atomic E-state index is 13.1. The van der Waals surface area contributed by atoms with Gasteiger partial charge in [0.1, 0.15) is 5.52 Å². The second-order valence-electron chi connectivity index (χ2n) is 10.2. The monoisotopic (exact) mass is 488 g/mol. The summed E-state index contributed by atoms with van der Waals surface area (Å²) in [7, 11) is 0. The van der Waals surface area contributed by atoms with Crippen LogP contribution in [-0.4, -0.2) is 58.1 Å². The Morgan fingerprint density at radius 3 is 2.61 bits per heavy atom. The van der Waals surface area contributed by atoms with E-state index in [2.05, 4.69) is 51.4 Å². The number of carbonyl (C=O) groups is 1. The van der Waals surface area contributed by atoms with Crippen LogP contribution in [0.1, 0.15) is 37.3 Å². The van der Waals surface area contributed by atoms with Gasteiger partial charge in [-0.1, -0.05) is 29.8 Å². The summed E-state index contributed by atoms with van der Waals surface area (Å²) >= 11 is 0. The molecule has 1 unspecified atom stereocenters. The minimum atomic E-state index is -0.108. The third kappa shape index (κ3) is 5.28. The van der Waals surface area contributed by atoms with Crippen LogP contribution >= 0.6 is 0 Å². The molecule has 0 radical (unpaired) electrons. The average Bonchev–Trinajstić information content (AvgIpc) is 3.35. The average molecular weight is 489 g/mol. The predicted octanol–water partition coefficient (Wildman–Crippen LogP) is 2.97. The molecule has 1 amide bonds. The van der Waals surface area contributed by atoms with Gasteiger partial charge in [0.2, 0.25) is 5.91 Å². The SMILES string of the molecule is CCn1c(=O)c(N2CCC(C(=O)NCC3CCN(Cc4ccc(C)cc4)C3)CC2)nc2cccnc21. The second kappa shape index (κ2) is 10.8. The van der Waals surface area contributed by atoms with Crippen LogP contribution in [0.25, 0.3) is 11.2 Å². The highest BCUT2D eigenvalue weighted by molar-refractivity contribution is 5.79. The van der Waals surface area contributed by atoms with E-state index >= 15 is 0 Å². The highest BCUT2D eigenvalue weighted by Crippen LogP contribution is 2.23. The van der Waals surface area contributed by atoms with Crippen LogP contribution in [0.5, 0.6) is 0 Å². The number of aryl methyl sites for hydroxylation is 2. The van der Waals surface area contributed by atoms with Crippen molar-refractivity contribution in [2.75, 3.05) is 37.6 Å². The molecule has 0 spiro atoms. The summed E-state index contributed by atoms with van der Waals surface area (Å²) in [5.41, 5.74) is 3.87. The molecule has 1 N–H and O–H groups in total. The van der Waals surface area contributed by atoms with Gasteiger partial charge in [0.05, 0.1) is 0 Å².